The third kappa shape index (κ3) is 2.65. The van der Waals surface area contributed by atoms with Crippen LogP contribution in [0, 0.1) is 5.82 Å². The molecule has 0 spiro atoms. The quantitative estimate of drug-likeness (QED) is 0.406. The van der Waals surface area contributed by atoms with Crippen LogP contribution in [0.25, 0.3) is 21.5 Å². The van der Waals surface area contributed by atoms with E-state index >= 15 is 0 Å². The van der Waals surface area contributed by atoms with Crippen molar-refractivity contribution < 1.29 is 9.18 Å². The van der Waals surface area contributed by atoms with Gasteiger partial charge in [0.15, 0.2) is 0 Å². The van der Waals surface area contributed by atoms with Crippen LogP contribution in [0.5, 0.6) is 0 Å². The Morgan fingerprint density at radius 3 is 2.14 bits per heavy atom. The topological polar surface area (TPSA) is 41.5 Å². The van der Waals surface area contributed by atoms with Crippen molar-refractivity contribution in [3.63, 3.8) is 0 Å². The zero-order chi connectivity index (χ0) is 19.1. The van der Waals surface area contributed by atoms with Crippen molar-refractivity contribution in [2.24, 2.45) is 5.10 Å². The number of nitrogens with zero attached hydrogens (tertiary/aromatic N) is 1. The molecule has 0 unspecified atom stereocenters. The molecule has 136 valence electrons. The molecule has 4 aromatic rings. The van der Waals surface area contributed by atoms with Crippen LogP contribution in [0.3, 0.4) is 0 Å². The highest BCUT2D eigenvalue weighted by Gasteiger charge is 2.31. The van der Waals surface area contributed by atoms with Gasteiger partial charge in [-0.3, -0.25) is 4.79 Å². The molecule has 1 aliphatic heterocycles. The van der Waals surface area contributed by atoms with E-state index in [1.54, 1.807) is 0 Å². The molecule has 28 heavy (non-hydrogen) atoms. The number of ketones is 1. The summed E-state index contributed by atoms with van der Waals surface area (Å²) in [7, 11) is 0. The van der Waals surface area contributed by atoms with Gasteiger partial charge in [0.1, 0.15) is 11.5 Å². The lowest BCUT2D eigenvalue weighted by Crippen LogP contribution is -2.22. The molecule has 5 rings (SSSR count). The highest BCUT2D eigenvalue weighted by atomic mass is 19.1. The Kier molecular flexibility index (Phi) is 3.90. The van der Waals surface area contributed by atoms with Gasteiger partial charge in [0.2, 0.25) is 5.78 Å². The van der Waals surface area contributed by atoms with E-state index in [1.165, 1.54) is 24.3 Å². The summed E-state index contributed by atoms with van der Waals surface area (Å²) in [6, 6.07) is 24.2. The molecule has 1 N–H and O–H groups in total. The number of nitrogens with one attached hydrogen (secondary N) is 1. The number of fused-ring (bicyclic) bond motifs is 2. The number of hydrogen-bond donors (Lipinski definition) is 1. The largest absolute Gasteiger partial charge is 0.309 e. The number of hydrazone groups is 1. The third-order valence-corrected chi connectivity index (χ3v) is 5.33. The van der Waals surface area contributed by atoms with Crippen molar-refractivity contribution in [3.8, 4) is 0 Å². The monoisotopic (exact) mass is 368 g/mol. The SMILES string of the molecule is O=C(C1=NNC[C@H]1c1c2ccccc2cc2ccccc12)c1ccc(F)cc1. The molecular weight excluding hydrogens is 351 g/mol. The van der Waals surface area contributed by atoms with Gasteiger partial charge in [-0.1, -0.05) is 48.5 Å². The minimum Gasteiger partial charge on any atom is -0.309 e. The second kappa shape index (κ2) is 6.57. The van der Waals surface area contributed by atoms with E-state index in [0.717, 1.165) is 27.1 Å². The molecule has 0 amide bonds. The minimum absolute atomic E-state index is 0.173. The van der Waals surface area contributed by atoms with Gasteiger partial charge in [-0.2, -0.15) is 5.10 Å². The Hall–Kier alpha value is -3.53. The van der Waals surface area contributed by atoms with Crippen LogP contribution < -0.4 is 5.43 Å². The second-order valence-corrected chi connectivity index (χ2v) is 6.98. The Balaban J connectivity index is 1.69. The Morgan fingerprint density at radius 2 is 1.50 bits per heavy atom. The van der Waals surface area contributed by atoms with E-state index in [1.807, 2.05) is 24.3 Å². The first kappa shape index (κ1) is 16.6. The van der Waals surface area contributed by atoms with Gasteiger partial charge in [-0.05, 0) is 57.4 Å². The molecule has 0 aliphatic carbocycles. The van der Waals surface area contributed by atoms with E-state index in [-0.39, 0.29) is 17.5 Å². The number of benzene rings is 4. The average Bonchev–Trinajstić information content (AvgIpc) is 3.21. The number of hydrogen-bond acceptors (Lipinski definition) is 3. The van der Waals surface area contributed by atoms with Gasteiger partial charge in [0.05, 0.1) is 5.92 Å². The van der Waals surface area contributed by atoms with Crippen LogP contribution in [-0.4, -0.2) is 18.0 Å². The maximum absolute atomic E-state index is 13.3. The standard InChI is InChI=1S/C24H17FN2O/c25-18-11-9-15(10-12-18)24(28)23-21(14-26-27-23)22-19-7-3-1-5-16(19)13-17-6-2-4-8-20(17)22/h1-13,21,26H,14H2/t21-/m0/s1. The van der Waals surface area contributed by atoms with Crippen molar-refractivity contribution in [1.29, 1.82) is 0 Å². The predicted octanol–water partition coefficient (Wildman–Crippen LogP) is 5.06. The van der Waals surface area contributed by atoms with E-state index < -0.39 is 0 Å². The van der Waals surface area contributed by atoms with Gasteiger partial charge in [0.25, 0.3) is 0 Å². The van der Waals surface area contributed by atoms with Gasteiger partial charge >= 0.3 is 0 Å². The fraction of sp³-hybridized carbons (Fsp3) is 0.0833. The molecule has 4 aromatic carbocycles. The van der Waals surface area contributed by atoms with Crippen LogP contribution in [0.1, 0.15) is 21.8 Å². The Bertz CT molecular complexity index is 1190. The number of carbonyl (C=O) groups excluding carboxylic acids is 1. The van der Waals surface area contributed by atoms with Gasteiger partial charge in [-0.25, -0.2) is 4.39 Å². The smallest absolute Gasteiger partial charge is 0.209 e. The third-order valence-electron chi connectivity index (χ3n) is 5.33. The summed E-state index contributed by atoms with van der Waals surface area (Å²) < 4.78 is 13.3. The Morgan fingerprint density at radius 1 is 0.893 bits per heavy atom. The fourth-order valence-corrected chi connectivity index (χ4v) is 4.02. The summed E-state index contributed by atoms with van der Waals surface area (Å²) in [6.07, 6.45) is 0. The number of rotatable bonds is 3. The molecule has 0 aromatic heterocycles. The van der Waals surface area contributed by atoms with Crippen LogP contribution in [0.4, 0.5) is 4.39 Å². The highest BCUT2D eigenvalue weighted by Crippen LogP contribution is 2.36. The predicted molar refractivity (Wildman–Crippen MR) is 110 cm³/mol. The maximum Gasteiger partial charge on any atom is 0.209 e. The molecule has 0 fully saturated rings. The first-order chi connectivity index (χ1) is 13.7. The van der Waals surface area contributed by atoms with Crippen molar-refractivity contribution in [2.75, 3.05) is 6.54 Å². The lowest BCUT2D eigenvalue weighted by molar-refractivity contribution is 0.106. The fourth-order valence-electron chi connectivity index (χ4n) is 4.02. The maximum atomic E-state index is 13.3. The minimum atomic E-state index is -0.361. The van der Waals surface area contributed by atoms with Gasteiger partial charge in [0, 0.05) is 12.1 Å². The molecule has 0 radical (unpaired) electrons. The summed E-state index contributed by atoms with van der Waals surface area (Å²) in [6.45, 7) is 0.556. The van der Waals surface area contributed by atoms with Crippen LogP contribution in [0.2, 0.25) is 0 Å². The number of carbonyl (C=O) groups is 1. The van der Waals surface area contributed by atoms with Crippen molar-refractivity contribution in [3.05, 3.63) is 95.8 Å². The number of Topliss-reactive ketones (excluding diaryl/α,β-unsaturated/α-hetero) is 1. The molecule has 0 saturated carbocycles. The normalized spacial score (nSPS) is 16.2. The molecule has 0 bridgehead atoms. The lowest BCUT2D eigenvalue weighted by atomic mass is 9.84. The highest BCUT2D eigenvalue weighted by molar-refractivity contribution is 6.48. The molecular formula is C24H17FN2O. The zero-order valence-electron chi connectivity index (χ0n) is 15.0. The Labute approximate surface area is 161 Å². The van der Waals surface area contributed by atoms with Crippen LogP contribution >= 0.6 is 0 Å². The van der Waals surface area contributed by atoms with Crippen LogP contribution in [0.15, 0.2) is 84.0 Å². The van der Waals surface area contributed by atoms with E-state index in [0.29, 0.717) is 17.8 Å². The summed E-state index contributed by atoms with van der Waals surface area (Å²) >= 11 is 0. The lowest BCUT2D eigenvalue weighted by Gasteiger charge is -2.18. The van der Waals surface area contributed by atoms with E-state index in [9.17, 15) is 9.18 Å². The first-order valence-electron chi connectivity index (χ1n) is 9.23. The molecule has 4 heteroatoms. The summed E-state index contributed by atoms with van der Waals surface area (Å²) in [5.41, 5.74) is 5.02. The number of halogens is 1. The zero-order valence-corrected chi connectivity index (χ0v) is 15.0. The van der Waals surface area contributed by atoms with Crippen LogP contribution in [-0.2, 0) is 0 Å². The molecule has 3 nitrogen and oxygen atoms in total. The van der Waals surface area contributed by atoms with E-state index in [2.05, 4.69) is 40.9 Å². The molecule has 1 atom stereocenters. The van der Waals surface area contributed by atoms with Gasteiger partial charge in [-0.15, -0.1) is 0 Å². The average molecular weight is 368 g/mol. The van der Waals surface area contributed by atoms with Crippen molar-refractivity contribution in [2.45, 2.75) is 5.92 Å². The molecule has 1 heterocycles. The summed E-state index contributed by atoms with van der Waals surface area (Å²) in [4.78, 5) is 13.1. The first-order valence-corrected chi connectivity index (χ1v) is 9.23. The summed E-state index contributed by atoms with van der Waals surface area (Å²) in [5.74, 6) is -0.708. The van der Waals surface area contributed by atoms with Crippen molar-refractivity contribution in [1.82, 2.24) is 5.43 Å². The summed E-state index contributed by atoms with van der Waals surface area (Å²) in [5, 5.41) is 8.84. The van der Waals surface area contributed by atoms with Crippen molar-refractivity contribution >= 4 is 33.0 Å². The molecule has 1 aliphatic rings. The van der Waals surface area contributed by atoms with Gasteiger partial charge < -0.3 is 5.43 Å². The second-order valence-electron chi connectivity index (χ2n) is 6.98. The van der Waals surface area contributed by atoms with E-state index in [4.69, 9.17) is 0 Å². The molecule has 0 saturated heterocycles.